The van der Waals surface area contributed by atoms with Crippen molar-refractivity contribution in [1.82, 2.24) is 4.98 Å². The largest absolute Gasteiger partial charge is 0.478 e. The fraction of sp³-hybridized carbons (Fsp3) is 0.263. The van der Waals surface area contributed by atoms with E-state index >= 15 is 0 Å². The molecule has 0 spiro atoms. The van der Waals surface area contributed by atoms with Crippen molar-refractivity contribution < 1.29 is 14.3 Å². The van der Waals surface area contributed by atoms with Crippen molar-refractivity contribution in [3.63, 3.8) is 0 Å². The first-order valence-corrected chi connectivity index (χ1v) is 7.51. The van der Waals surface area contributed by atoms with Gasteiger partial charge in [0.1, 0.15) is 5.52 Å². The van der Waals surface area contributed by atoms with Crippen LogP contribution in [-0.4, -0.2) is 16.1 Å². The van der Waals surface area contributed by atoms with Crippen molar-refractivity contribution >= 4 is 17.1 Å². The van der Waals surface area contributed by atoms with E-state index in [1.165, 1.54) is 0 Å². The molecule has 1 heterocycles. The van der Waals surface area contributed by atoms with E-state index in [2.05, 4.69) is 4.98 Å². The molecule has 1 aromatic heterocycles. The molecular weight excluding hydrogens is 290 g/mol. The Morgan fingerprint density at radius 2 is 1.78 bits per heavy atom. The van der Waals surface area contributed by atoms with Gasteiger partial charge in [0.2, 0.25) is 5.89 Å². The number of nitrogens with zero attached hydrogens (tertiary/aromatic N) is 1. The summed E-state index contributed by atoms with van der Waals surface area (Å²) in [6, 6.07) is 11.3. The lowest BCUT2D eigenvalue weighted by molar-refractivity contribution is 0.0694. The van der Waals surface area contributed by atoms with Gasteiger partial charge in [0.15, 0.2) is 5.58 Å². The Morgan fingerprint density at radius 3 is 2.35 bits per heavy atom. The Labute approximate surface area is 134 Å². The van der Waals surface area contributed by atoms with E-state index in [1.54, 1.807) is 12.1 Å². The Hall–Kier alpha value is -2.62. The molecule has 1 N–H and O–H groups in total. The molecule has 0 bridgehead atoms. The Morgan fingerprint density at radius 1 is 1.13 bits per heavy atom. The number of carboxylic acids is 1. The molecule has 0 aliphatic carbocycles. The number of carboxylic acid groups (broad SMARTS) is 1. The number of rotatable bonds is 2. The molecule has 0 aliphatic heterocycles. The third-order valence-electron chi connectivity index (χ3n) is 3.86. The summed E-state index contributed by atoms with van der Waals surface area (Å²) in [5.74, 6) is -0.445. The van der Waals surface area contributed by atoms with Crippen LogP contribution in [0.25, 0.3) is 22.6 Å². The predicted molar refractivity (Wildman–Crippen MR) is 89.8 cm³/mol. The molecule has 0 atom stereocenters. The van der Waals surface area contributed by atoms with E-state index in [0.717, 1.165) is 16.7 Å². The van der Waals surface area contributed by atoms with E-state index in [1.807, 2.05) is 52.0 Å². The molecule has 3 aromatic rings. The van der Waals surface area contributed by atoms with Crippen LogP contribution in [0.4, 0.5) is 0 Å². The van der Waals surface area contributed by atoms with Gasteiger partial charge in [0.05, 0.1) is 5.56 Å². The fourth-order valence-corrected chi connectivity index (χ4v) is 2.59. The van der Waals surface area contributed by atoms with Gasteiger partial charge in [0, 0.05) is 5.56 Å². The second-order valence-electron chi connectivity index (χ2n) is 6.81. The maximum absolute atomic E-state index is 11.6. The van der Waals surface area contributed by atoms with Crippen LogP contribution < -0.4 is 0 Å². The topological polar surface area (TPSA) is 63.3 Å². The van der Waals surface area contributed by atoms with Crippen LogP contribution in [-0.2, 0) is 5.41 Å². The van der Waals surface area contributed by atoms with E-state index < -0.39 is 5.97 Å². The molecule has 2 aromatic carbocycles. The average Bonchev–Trinajstić information content (AvgIpc) is 2.88. The molecule has 118 valence electrons. The van der Waals surface area contributed by atoms with Crippen molar-refractivity contribution in [2.45, 2.75) is 33.1 Å². The van der Waals surface area contributed by atoms with E-state index in [4.69, 9.17) is 4.42 Å². The molecule has 0 radical (unpaired) electrons. The number of oxazole rings is 1. The first-order valence-electron chi connectivity index (χ1n) is 7.51. The SMILES string of the molecule is Cc1ccc(-c2nc3cc(C(=O)O)c(C(C)(C)C)cc3o2)cc1. The summed E-state index contributed by atoms with van der Waals surface area (Å²) in [4.78, 5) is 16.0. The van der Waals surface area contributed by atoms with Crippen molar-refractivity contribution in [2.75, 3.05) is 0 Å². The molecule has 0 amide bonds. The smallest absolute Gasteiger partial charge is 0.336 e. The second-order valence-corrected chi connectivity index (χ2v) is 6.81. The fourth-order valence-electron chi connectivity index (χ4n) is 2.59. The zero-order valence-corrected chi connectivity index (χ0v) is 13.7. The summed E-state index contributed by atoms with van der Waals surface area (Å²) >= 11 is 0. The zero-order chi connectivity index (χ0) is 16.8. The summed E-state index contributed by atoms with van der Waals surface area (Å²) in [6.45, 7) is 7.97. The summed E-state index contributed by atoms with van der Waals surface area (Å²) in [6.07, 6.45) is 0. The normalized spacial score (nSPS) is 11.8. The lowest BCUT2D eigenvalue weighted by Gasteiger charge is -2.20. The lowest BCUT2D eigenvalue weighted by Crippen LogP contribution is -2.16. The van der Waals surface area contributed by atoms with Crippen LogP contribution >= 0.6 is 0 Å². The van der Waals surface area contributed by atoms with Crippen molar-refractivity contribution in [1.29, 1.82) is 0 Å². The molecule has 4 heteroatoms. The van der Waals surface area contributed by atoms with Gasteiger partial charge in [-0.3, -0.25) is 0 Å². The molecule has 0 saturated heterocycles. The molecule has 3 rings (SSSR count). The number of hydrogen-bond acceptors (Lipinski definition) is 3. The van der Waals surface area contributed by atoms with Crippen molar-refractivity contribution in [2.24, 2.45) is 0 Å². The van der Waals surface area contributed by atoms with Gasteiger partial charge in [0.25, 0.3) is 0 Å². The minimum Gasteiger partial charge on any atom is -0.478 e. The molecule has 0 saturated carbocycles. The molecule has 4 nitrogen and oxygen atoms in total. The van der Waals surface area contributed by atoms with Crippen LogP contribution in [0, 0.1) is 6.92 Å². The number of aryl methyl sites for hydroxylation is 1. The summed E-state index contributed by atoms with van der Waals surface area (Å²) in [5, 5.41) is 9.48. The van der Waals surface area contributed by atoms with E-state index in [0.29, 0.717) is 17.0 Å². The van der Waals surface area contributed by atoms with Gasteiger partial charge in [-0.1, -0.05) is 38.5 Å². The van der Waals surface area contributed by atoms with Crippen LogP contribution in [0.3, 0.4) is 0 Å². The number of fused-ring (bicyclic) bond motifs is 1. The predicted octanol–water partition coefficient (Wildman–Crippen LogP) is 4.80. The van der Waals surface area contributed by atoms with Crippen LogP contribution in [0.5, 0.6) is 0 Å². The highest BCUT2D eigenvalue weighted by atomic mass is 16.4. The number of hydrogen-bond donors (Lipinski definition) is 1. The van der Waals surface area contributed by atoms with Gasteiger partial charge in [-0.15, -0.1) is 0 Å². The van der Waals surface area contributed by atoms with Gasteiger partial charge in [-0.2, -0.15) is 0 Å². The lowest BCUT2D eigenvalue weighted by atomic mass is 9.83. The van der Waals surface area contributed by atoms with Gasteiger partial charge in [-0.25, -0.2) is 9.78 Å². The summed E-state index contributed by atoms with van der Waals surface area (Å²) in [5.41, 5.74) is 3.92. The second kappa shape index (κ2) is 5.23. The highest BCUT2D eigenvalue weighted by molar-refractivity contribution is 5.94. The minimum atomic E-state index is -0.947. The van der Waals surface area contributed by atoms with Gasteiger partial charge >= 0.3 is 5.97 Å². The van der Waals surface area contributed by atoms with Gasteiger partial charge in [-0.05, 0) is 42.2 Å². The Balaban J connectivity index is 2.20. The number of benzene rings is 2. The van der Waals surface area contributed by atoms with Crippen LogP contribution in [0.2, 0.25) is 0 Å². The number of aromatic carboxylic acids is 1. The van der Waals surface area contributed by atoms with E-state index in [-0.39, 0.29) is 11.0 Å². The van der Waals surface area contributed by atoms with Crippen LogP contribution in [0.15, 0.2) is 40.8 Å². The summed E-state index contributed by atoms with van der Waals surface area (Å²) in [7, 11) is 0. The number of aromatic nitrogens is 1. The summed E-state index contributed by atoms with van der Waals surface area (Å²) < 4.78 is 5.86. The van der Waals surface area contributed by atoms with E-state index in [9.17, 15) is 9.90 Å². The molecule has 23 heavy (non-hydrogen) atoms. The monoisotopic (exact) mass is 309 g/mol. The molecular formula is C19H19NO3. The van der Waals surface area contributed by atoms with Crippen molar-refractivity contribution in [3.8, 4) is 11.5 Å². The molecule has 0 aliphatic rings. The molecule has 0 unspecified atom stereocenters. The molecule has 0 fully saturated rings. The van der Waals surface area contributed by atoms with Crippen molar-refractivity contribution in [3.05, 3.63) is 53.1 Å². The highest BCUT2D eigenvalue weighted by Crippen LogP contribution is 2.32. The third kappa shape index (κ3) is 2.84. The first kappa shape index (κ1) is 15.3. The highest BCUT2D eigenvalue weighted by Gasteiger charge is 2.24. The van der Waals surface area contributed by atoms with Crippen LogP contribution in [0.1, 0.15) is 42.3 Å². The maximum Gasteiger partial charge on any atom is 0.336 e. The zero-order valence-electron chi connectivity index (χ0n) is 13.7. The van der Waals surface area contributed by atoms with Gasteiger partial charge < -0.3 is 9.52 Å². The quantitative estimate of drug-likeness (QED) is 0.738. The Kier molecular flexibility index (Phi) is 3.48. The average molecular weight is 309 g/mol. The number of carbonyl (C=O) groups is 1. The minimum absolute atomic E-state index is 0.272. The standard InChI is InChI=1S/C19H19NO3/c1-11-5-7-12(8-6-11)17-20-15-9-13(18(21)22)14(19(2,3)4)10-16(15)23-17/h5-10H,1-4H3,(H,21,22). The first-order chi connectivity index (χ1) is 10.8. The third-order valence-corrected chi connectivity index (χ3v) is 3.86. The maximum atomic E-state index is 11.6. The Bertz CT molecular complexity index is 883.